The molecule has 0 heterocycles. The van der Waals surface area contributed by atoms with E-state index in [9.17, 15) is 19.8 Å². The highest BCUT2D eigenvalue weighted by Gasteiger charge is 2.14. The lowest BCUT2D eigenvalue weighted by Crippen LogP contribution is -2.36. The first-order chi connectivity index (χ1) is 9.38. The molecule has 0 rings (SSSR count). The third kappa shape index (κ3) is 9.05. The number of aliphatic hydroxyl groups excluding tert-OH is 2. The van der Waals surface area contributed by atoms with Gasteiger partial charge in [-0.15, -0.1) is 0 Å². The van der Waals surface area contributed by atoms with E-state index in [1.165, 1.54) is 38.3 Å². The second-order valence-electron chi connectivity index (χ2n) is 3.71. The van der Waals surface area contributed by atoms with Crippen molar-refractivity contribution >= 4 is 43.7 Å². The summed E-state index contributed by atoms with van der Waals surface area (Å²) in [5.41, 5.74) is 0. The summed E-state index contributed by atoms with van der Waals surface area (Å²) < 4.78 is 0. The Morgan fingerprint density at radius 2 is 1.70 bits per heavy atom. The number of rotatable bonds is 11. The Morgan fingerprint density at radius 1 is 1.20 bits per heavy atom. The summed E-state index contributed by atoms with van der Waals surface area (Å²) in [5, 5.41) is 23.6. The van der Waals surface area contributed by atoms with Gasteiger partial charge in [-0.05, 0) is 9.83 Å². The molecule has 6 nitrogen and oxygen atoms in total. The minimum atomic E-state index is -0.498. The van der Waals surface area contributed by atoms with E-state index < -0.39 is 12.1 Å². The molecule has 0 fully saturated rings. The molecule has 0 aliphatic heterocycles. The Kier molecular flexibility index (Phi) is 10.3. The van der Waals surface area contributed by atoms with Crippen LogP contribution in [0.4, 0.5) is 0 Å². The van der Waals surface area contributed by atoms with Gasteiger partial charge in [0.1, 0.15) is 11.5 Å². The van der Waals surface area contributed by atoms with E-state index in [1.807, 2.05) is 0 Å². The molecule has 9 heteroatoms. The van der Waals surface area contributed by atoms with Gasteiger partial charge < -0.3 is 20.8 Å². The van der Waals surface area contributed by atoms with Crippen LogP contribution in [-0.2, 0) is 9.59 Å². The molecule has 4 N–H and O–H groups in total. The third-order valence-electron chi connectivity index (χ3n) is 2.02. The number of nitrogens with one attached hydrogen (secondary N) is 2. The fourth-order valence-corrected chi connectivity index (χ4v) is 5.00. The van der Waals surface area contributed by atoms with Gasteiger partial charge >= 0.3 is 0 Å². The lowest BCUT2D eigenvalue weighted by atomic mass is 10.3. The van der Waals surface area contributed by atoms with Crippen molar-refractivity contribution in [3.8, 4) is 0 Å². The molecule has 20 heavy (non-hydrogen) atoms. The summed E-state index contributed by atoms with van der Waals surface area (Å²) in [6.45, 7) is 8.14. The van der Waals surface area contributed by atoms with E-state index in [1.54, 1.807) is 0 Å². The molecule has 2 unspecified atom stereocenters. The maximum atomic E-state index is 10.9. The SMILES string of the molecule is C=C(O)C(CSSSCC(NC(C)=O)C(=C)O)NC=O. The molecule has 2 atom stereocenters. The van der Waals surface area contributed by atoms with Crippen LogP contribution in [0, 0.1) is 0 Å². The first kappa shape index (κ1) is 19.1. The second kappa shape index (κ2) is 10.8. The maximum Gasteiger partial charge on any atom is 0.217 e. The van der Waals surface area contributed by atoms with E-state index in [0.717, 1.165) is 0 Å². The lowest BCUT2D eigenvalue weighted by molar-refractivity contribution is -0.119. The monoisotopic (exact) mass is 338 g/mol. The molecular formula is C11H18N2O4S3. The first-order valence-electron chi connectivity index (χ1n) is 5.51. The molecule has 0 aliphatic carbocycles. The van der Waals surface area contributed by atoms with Gasteiger partial charge in [-0.25, -0.2) is 0 Å². The first-order valence-corrected chi connectivity index (χ1v) is 9.34. The van der Waals surface area contributed by atoms with E-state index >= 15 is 0 Å². The minimum absolute atomic E-state index is 0.0949. The van der Waals surface area contributed by atoms with Gasteiger partial charge in [0, 0.05) is 18.4 Å². The van der Waals surface area contributed by atoms with Crippen LogP contribution in [0.2, 0.25) is 0 Å². The van der Waals surface area contributed by atoms with Gasteiger partial charge in [-0.2, -0.15) is 0 Å². The molecular weight excluding hydrogens is 320 g/mol. The summed E-state index contributed by atoms with van der Waals surface area (Å²) in [5.74, 6) is 0.475. The number of carbonyl (C=O) groups is 2. The molecule has 0 aromatic carbocycles. The van der Waals surface area contributed by atoms with Crippen LogP contribution in [-0.4, -0.2) is 46.1 Å². The van der Waals surface area contributed by atoms with Gasteiger partial charge in [0.05, 0.1) is 12.1 Å². The molecule has 0 aliphatic rings. The summed E-state index contributed by atoms with van der Waals surface area (Å²) in [4.78, 5) is 21.2. The third-order valence-corrected chi connectivity index (χ3v) is 6.27. The van der Waals surface area contributed by atoms with Gasteiger partial charge in [-0.1, -0.05) is 34.7 Å². The zero-order valence-electron chi connectivity index (χ0n) is 11.0. The van der Waals surface area contributed by atoms with Crippen molar-refractivity contribution in [3.05, 3.63) is 24.7 Å². The summed E-state index contributed by atoms with van der Waals surface area (Å²) in [6, 6.07) is -0.994. The summed E-state index contributed by atoms with van der Waals surface area (Å²) >= 11 is 0. The summed E-state index contributed by atoms with van der Waals surface area (Å²) in [7, 11) is 4.26. The zero-order valence-corrected chi connectivity index (χ0v) is 13.4. The van der Waals surface area contributed by atoms with Gasteiger partial charge in [-0.3, -0.25) is 9.59 Å². The van der Waals surface area contributed by atoms with Gasteiger partial charge in [0.25, 0.3) is 0 Å². The Bertz CT molecular complexity index is 366. The van der Waals surface area contributed by atoms with Crippen LogP contribution in [0.25, 0.3) is 0 Å². The minimum Gasteiger partial charge on any atom is -0.511 e. The topological polar surface area (TPSA) is 98.7 Å². The molecule has 0 bridgehead atoms. The van der Waals surface area contributed by atoms with Crippen molar-refractivity contribution in [2.24, 2.45) is 0 Å². The largest absolute Gasteiger partial charge is 0.511 e. The number of hydrogen-bond acceptors (Lipinski definition) is 7. The average Bonchev–Trinajstić information content (AvgIpc) is 2.34. The molecule has 114 valence electrons. The van der Waals surface area contributed by atoms with Crippen LogP contribution in [0.5, 0.6) is 0 Å². The normalized spacial score (nSPS) is 13.1. The van der Waals surface area contributed by atoms with Gasteiger partial charge in [0.15, 0.2) is 0 Å². The van der Waals surface area contributed by atoms with Gasteiger partial charge in [0.2, 0.25) is 12.3 Å². The molecule has 0 saturated carbocycles. The molecule has 0 aromatic heterocycles. The Hall–Kier alpha value is -0.930. The fraction of sp³-hybridized carbons (Fsp3) is 0.455. The van der Waals surface area contributed by atoms with Crippen molar-refractivity contribution in [2.75, 3.05) is 11.5 Å². The van der Waals surface area contributed by atoms with Crippen molar-refractivity contribution < 1.29 is 19.8 Å². The predicted octanol–water partition coefficient (Wildman–Crippen LogP) is 1.78. The van der Waals surface area contributed by atoms with E-state index in [0.29, 0.717) is 17.9 Å². The Morgan fingerprint density at radius 3 is 2.10 bits per heavy atom. The van der Waals surface area contributed by atoms with Crippen LogP contribution < -0.4 is 10.6 Å². The molecule has 0 saturated heterocycles. The Labute approximate surface area is 129 Å². The van der Waals surface area contributed by atoms with Crippen LogP contribution in [0.15, 0.2) is 24.7 Å². The zero-order chi connectivity index (χ0) is 15.5. The maximum absolute atomic E-state index is 10.9. The van der Waals surface area contributed by atoms with Crippen LogP contribution >= 0.6 is 31.4 Å². The quantitative estimate of drug-likeness (QED) is 0.197. The standard InChI is InChI=1S/C11H18N2O4S3/c1-7(15)10(12-6-14)4-18-20-19-5-11(8(2)16)13-9(3)17/h6,10-11,15-16H,1-2,4-5H2,3H3,(H,12,14)(H,13,17). The highest BCUT2D eigenvalue weighted by atomic mass is 33.5. The van der Waals surface area contributed by atoms with E-state index in [2.05, 4.69) is 23.8 Å². The number of aliphatic hydroxyl groups is 2. The van der Waals surface area contributed by atoms with Crippen molar-refractivity contribution in [1.82, 2.24) is 10.6 Å². The van der Waals surface area contributed by atoms with Crippen LogP contribution in [0.1, 0.15) is 6.92 Å². The molecule has 2 amide bonds. The smallest absolute Gasteiger partial charge is 0.217 e. The fourth-order valence-electron chi connectivity index (χ4n) is 1.01. The van der Waals surface area contributed by atoms with Crippen molar-refractivity contribution in [3.63, 3.8) is 0 Å². The number of carbonyl (C=O) groups excluding carboxylic acids is 2. The highest BCUT2D eigenvalue weighted by molar-refractivity contribution is 9.09. The van der Waals surface area contributed by atoms with E-state index in [4.69, 9.17) is 0 Å². The second-order valence-corrected chi connectivity index (χ2v) is 8.03. The predicted molar refractivity (Wildman–Crippen MR) is 86.6 cm³/mol. The summed E-state index contributed by atoms with van der Waals surface area (Å²) in [6.07, 6.45) is 0.507. The molecule has 0 aromatic rings. The Balaban J connectivity index is 3.93. The van der Waals surface area contributed by atoms with Crippen molar-refractivity contribution in [1.29, 1.82) is 0 Å². The molecule has 0 spiro atoms. The number of amides is 2. The van der Waals surface area contributed by atoms with Crippen LogP contribution in [0.3, 0.4) is 0 Å². The average molecular weight is 338 g/mol. The number of hydrogen-bond donors (Lipinski definition) is 4. The highest BCUT2D eigenvalue weighted by Crippen LogP contribution is 2.36. The van der Waals surface area contributed by atoms with E-state index in [-0.39, 0.29) is 17.4 Å². The van der Waals surface area contributed by atoms with Crippen molar-refractivity contribution in [2.45, 2.75) is 19.0 Å². The molecule has 0 radical (unpaired) electrons. The lowest BCUT2D eigenvalue weighted by Gasteiger charge is -2.16.